The number of anilines is 1. The molecule has 0 radical (unpaired) electrons. The van der Waals surface area contributed by atoms with Gasteiger partial charge in [0.1, 0.15) is 17.3 Å². The Kier molecular flexibility index (Phi) is 6.28. The van der Waals surface area contributed by atoms with Crippen molar-refractivity contribution in [1.82, 2.24) is 29.6 Å². The van der Waals surface area contributed by atoms with E-state index >= 15 is 0 Å². The normalized spacial score (nSPS) is 21.9. The van der Waals surface area contributed by atoms with Crippen LogP contribution in [0.3, 0.4) is 0 Å². The number of nitriles is 1. The molecule has 0 spiro atoms. The molecule has 0 amide bonds. The van der Waals surface area contributed by atoms with E-state index in [0.29, 0.717) is 40.9 Å². The Balaban J connectivity index is 1.52. The van der Waals surface area contributed by atoms with Crippen LogP contribution in [-0.2, 0) is 7.05 Å². The van der Waals surface area contributed by atoms with Crippen LogP contribution in [0.1, 0.15) is 82.2 Å². The minimum absolute atomic E-state index is 0.0489. The molecule has 10 heteroatoms. The van der Waals surface area contributed by atoms with Gasteiger partial charge in [0.15, 0.2) is 11.6 Å². The summed E-state index contributed by atoms with van der Waals surface area (Å²) in [6, 6.07) is 5.91. The standard InChI is InChI=1S/C25H32N8O2/c1-5-17-14-33(23-21-20(31(4)25(34)29-23)11-10-16(12-26)27-21)18(6-2)13-32(17)19(7-3)24-28-22(30-35-24)15-8-9-15/h10-11,15,17-19H,5-9,13-14H2,1-4H3/t17-,18+,19?/m1/s1. The summed E-state index contributed by atoms with van der Waals surface area (Å²) in [7, 11) is 1.69. The number of fused-ring (bicyclic) bond motifs is 1. The van der Waals surface area contributed by atoms with E-state index in [0.717, 1.165) is 44.5 Å². The molecule has 3 aromatic rings. The zero-order valence-corrected chi connectivity index (χ0v) is 20.8. The number of aryl methyl sites for hydroxylation is 1. The first-order valence-corrected chi connectivity index (χ1v) is 12.6. The zero-order valence-electron chi connectivity index (χ0n) is 20.8. The molecule has 184 valence electrons. The molecule has 4 heterocycles. The highest BCUT2D eigenvalue weighted by Crippen LogP contribution is 2.40. The Morgan fingerprint density at radius 3 is 2.54 bits per heavy atom. The summed E-state index contributed by atoms with van der Waals surface area (Å²) in [5, 5.41) is 13.7. The summed E-state index contributed by atoms with van der Waals surface area (Å²) in [5.41, 5.74) is 1.25. The molecule has 1 saturated carbocycles. The van der Waals surface area contributed by atoms with E-state index in [4.69, 9.17) is 9.51 Å². The Labute approximate surface area is 204 Å². The van der Waals surface area contributed by atoms with Gasteiger partial charge in [-0.3, -0.25) is 9.47 Å². The van der Waals surface area contributed by atoms with Crippen molar-refractivity contribution in [3.05, 3.63) is 40.0 Å². The quantitative estimate of drug-likeness (QED) is 0.506. The third-order valence-electron chi connectivity index (χ3n) is 7.48. The van der Waals surface area contributed by atoms with Crippen molar-refractivity contribution in [2.75, 3.05) is 18.0 Å². The van der Waals surface area contributed by atoms with Crippen molar-refractivity contribution in [3.63, 3.8) is 0 Å². The largest absolute Gasteiger partial charge is 0.349 e. The van der Waals surface area contributed by atoms with E-state index in [1.165, 1.54) is 4.57 Å². The summed E-state index contributed by atoms with van der Waals surface area (Å²) < 4.78 is 7.23. The molecule has 1 aliphatic heterocycles. The van der Waals surface area contributed by atoms with Gasteiger partial charge in [-0.1, -0.05) is 25.9 Å². The van der Waals surface area contributed by atoms with Crippen LogP contribution >= 0.6 is 0 Å². The Bertz CT molecular complexity index is 1320. The topological polar surface area (TPSA) is 117 Å². The summed E-state index contributed by atoms with van der Waals surface area (Å²) in [4.78, 5) is 31.2. The van der Waals surface area contributed by atoms with Crippen LogP contribution in [0.5, 0.6) is 0 Å². The van der Waals surface area contributed by atoms with Crippen LogP contribution < -0.4 is 10.6 Å². The molecular formula is C25H32N8O2. The fourth-order valence-corrected chi connectivity index (χ4v) is 5.24. The second kappa shape index (κ2) is 9.38. The lowest BCUT2D eigenvalue weighted by atomic mass is 9.98. The highest BCUT2D eigenvalue weighted by molar-refractivity contribution is 5.86. The van der Waals surface area contributed by atoms with Crippen molar-refractivity contribution < 1.29 is 4.52 Å². The minimum Gasteiger partial charge on any atom is -0.349 e. The van der Waals surface area contributed by atoms with Gasteiger partial charge in [-0.15, -0.1) is 0 Å². The Morgan fingerprint density at radius 1 is 1.11 bits per heavy atom. The average Bonchev–Trinajstić information content (AvgIpc) is 3.63. The molecule has 35 heavy (non-hydrogen) atoms. The fourth-order valence-electron chi connectivity index (χ4n) is 5.24. The van der Waals surface area contributed by atoms with Crippen LogP contribution in [0.2, 0.25) is 0 Å². The van der Waals surface area contributed by atoms with Gasteiger partial charge in [0.05, 0.1) is 11.6 Å². The van der Waals surface area contributed by atoms with Gasteiger partial charge < -0.3 is 9.42 Å². The van der Waals surface area contributed by atoms with E-state index in [2.05, 4.69) is 51.8 Å². The number of rotatable bonds is 7. The van der Waals surface area contributed by atoms with Gasteiger partial charge in [0.25, 0.3) is 0 Å². The lowest BCUT2D eigenvalue weighted by Crippen LogP contribution is -2.59. The van der Waals surface area contributed by atoms with Crippen molar-refractivity contribution in [2.45, 2.75) is 76.9 Å². The maximum Gasteiger partial charge on any atom is 0.349 e. The number of aromatic nitrogens is 5. The Hall–Kier alpha value is -3.32. The van der Waals surface area contributed by atoms with Crippen LogP contribution in [0.25, 0.3) is 11.0 Å². The molecule has 10 nitrogen and oxygen atoms in total. The molecule has 0 N–H and O–H groups in total. The second-order valence-corrected chi connectivity index (χ2v) is 9.62. The molecule has 3 aromatic heterocycles. The van der Waals surface area contributed by atoms with Crippen LogP contribution in [0.15, 0.2) is 21.5 Å². The van der Waals surface area contributed by atoms with Crippen molar-refractivity contribution in [3.8, 4) is 6.07 Å². The summed E-state index contributed by atoms with van der Waals surface area (Å²) in [5.74, 6) is 2.56. The third-order valence-corrected chi connectivity index (χ3v) is 7.48. The monoisotopic (exact) mass is 476 g/mol. The first-order valence-electron chi connectivity index (χ1n) is 12.6. The number of pyridine rings is 1. The number of hydrogen-bond donors (Lipinski definition) is 0. The molecule has 1 aliphatic carbocycles. The summed E-state index contributed by atoms with van der Waals surface area (Å²) >= 11 is 0. The molecule has 2 fully saturated rings. The van der Waals surface area contributed by atoms with E-state index < -0.39 is 0 Å². The van der Waals surface area contributed by atoms with E-state index in [-0.39, 0.29) is 23.8 Å². The number of hydrogen-bond acceptors (Lipinski definition) is 9. The number of piperazine rings is 1. The zero-order chi connectivity index (χ0) is 24.7. The summed E-state index contributed by atoms with van der Waals surface area (Å²) in [6.45, 7) is 7.97. The predicted molar refractivity (Wildman–Crippen MR) is 131 cm³/mol. The molecule has 1 saturated heterocycles. The second-order valence-electron chi connectivity index (χ2n) is 9.62. The van der Waals surface area contributed by atoms with Gasteiger partial charge in [-0.05, 0) is 44.2 Å². The minimum atomic E-state index is -0.325. The van der Waals surface area contributed by atoms with E-state index in [1.807, 2.05) is 0 Å². The maximum atomic E-state index is 12.8. The van der Waals surface area contributed by atoms with Gasteiger partial charge in [0, 0.05) is 38.1 Å². The lowest BCUT2D eigenvalue weighted by Gasteiger charge is -2.48. The van der Waals surface area contributed by atoms with Crippen molar-refractivity contribution >= 4 is 16.9 Å². The lowest BCUT2D eigenvalue weighted by molar-refractivity contribution is 0.0712. The van der Waals surface area contributed by atoms with E-state index in [1.54, 1.807) is 19.2 Å². The van der Waals surface area contributed by atoms with Crippen molar-refractivity contribution in [1.29, 1.82) is 5.26 Å². The first-order chi connectivity index (χ1) is 17.0. The SMILES string of the molecule is CCC(c1nc(C2CC2)no1)N1C[C@H](CC)N(c2nc(=O)n(C)c3ccc(C#N)nc23)C[C@H]1CC. The maximum absolute atomic E-state index is 12.8. The third kappa shape index (κ3) is 4.18. The van der Waals surface area contributed by atoms with Gasteiger partial charge in [-0.2, -0.15) is 15.2 Å². The highest BCUT2D eigenvalue weighted by atomic mass is 16.5. The number of nitrogens with zero attached hydrogens (tertiary/aromatic N) is 8. The average molecular weight is 477 g/mol. The summed E-state index contributed by atoms with van der Waals surface area (Å²) in [6.07, 6.45) is 4.95. The van der Waals surface area contributed by atoms with Gasteiger partial charge in [0.2, 0.25) is 5.89 Å². The molecular weight excluding hydrogens is 444 g/mol. The molecule has 1 unspecified atom stereocenters. The highest BCUT2D eigenvalue weighted by Gasteiger charge is 2.40. The smallest absolute Gasteiger partial charge is 0.349 e. The van der Waals surface area contributed by atoms with Gasteiger partial charge in [-0.25, -0.2) is 9.78 Å². The Morgan fingerprint density at radius 2 is 1.89 bits per heavy atom. The molecule has 3 atom stereocenters. The fraction of sp³-hybridized carbons (Fsp3) is 0.600. The van der Waals surface area contributed by atoms with Gasteiger partial charge >= 0.3 is 5.69 Å². The molecule has 0 bridgehead atoms. The molecule has 5 rings (SSSR count). The molecule has 0 aromatic carbocycles. The van der Waals surface area contributed by atoms with E-state index in [9.17, 15) is 10.1 Å². The molecule has 2 aliphatic rings. The first kappa shape index (κ1) is 23.4. The van der Waals surface area contributed by atoms with Crippen LogP contribution in [0.4, 0.5) is 5.82 Å². The van der Waals surface area contributed by atoms with Crippen LogP contribution in [0, 0.1) is 11.3 Å². The van der Waals surface area contributed by atoms with Crippen molar-refractivity contribution in [2.24, 2.45) is 7.05 Å². The van der Waals surface area contributed by atoms with Crippen LogP contribution in [-0.4, -0.2) is 54.7 Å². The predicted octanol–water partition coefficient (Wildman–Crippen LogP) is 3.29.